The van der Waals surface area contributed by atoms with Gasteiger partial charge in [-0.2, -0.15) is 0 Å². The van der Waals surface area contributed by atoms with Crippen molar-refractivity contribution >= 4 is 41.4 Å². The number of carbonyl (C=O) groups excluding carboxylic acids is 6. The first-order valence-electron chi connectivity index (χ1n) is 13.8. The smallest absolute Gasteiger partial charge is 0.243 e. The first-order chi connectivity index (χ1) is 20.2. The summed E-state index contributed by atoms with van der Waals surface area (Å²) in [5, 5.41) is 19.7. The third-order valence-corrected chi connectivity index (χ3v) is 6.07. The minimum atomic E-state index is -1.42. The Balaban J connectivity index is 3.05. The first kappa shape index (κ1) is 36.3. The fourth-order valence-corrected chi connectivity index (χ4v) is 3.97. The molecule has 4 unspecified atom stereocenters. The molecular weight excluding hydrogens is 560 g/mol. The van der Waals surface area contributed by atoms with Gasteiger partial charge < -0.3 is 49.5 Å². The minimum Gasteiger partial charge on any atom is -0.370 e. The highest BCUT2D eigenvalue weighted by atomic mass is 16.2. The fourth-order valence-electron chi connectivity index (χ4n) is 3.97. The average Bonchev–Trinajstić information content (AvgIpc) is 2.92. The van der Waals surface area contributed by atoms with E-state index in [0.717, 1.165) is 5.56 Å². The molecule has 0 heterocycles. The molecule has 14 N–H and O–H groups in total. The van der Waals surface area contributed by atoms with Crippen LogP contribution < -0.4 is 49.5 Å². The average molecular weight is 605 g/mol. The molecule has 16 heteroatoms. The number of nitrogens with one attached hydrogen (secondary N) is 6. The molecule has 43 heavy (non-hydrogen) atoms. The second kappa shape index (κ2) is 18.7. The van der Waals surface area contributed by atoms with Gasteiger partial charge in [0.05, 0.1) is 19.0 Å². The molecule has 0 aliphatic carbocycles. The summed E-state index contributed by atoms with van der Waals surface area (Å²) in [6.45, 7) is 3.50. The normalized spacial score (nSPS) is 13.5. The van der Waals surface area contributed by atoms with Crippen LogP contribution in [-0.2, 0) is 35.2 Å². The van der Waals surface area contributed by atoms with Crippen molar-refractivity contribution in [2.24, 2.45) is 28.9 Å². The molecular formula is C27H44N10O6. The van der Waals surface area contributed by atoms with Gasteiger partial charge in [-0.1, -0.05) is 44.2 Å². The summed E-state index contributed by atoms with van der Waals surface area (Å²) < 4.78 is 0. The van der Waals surface area contributed by atoms with Crippen LogP contribution in [0.15, 0.2) is 30.3 Å². The van der Waals surface area contributed by atoms with E-state index in [0.29, 0.717) is 13.0 Å². The van der Waals surface area contributed by atoms with Gasteiger partial charge >= 0.3 is 0 Å². The van der Waals surface area contributed by atoms with E-state index in [2.05, 4.69) is 26.6 Å². The monoisotopic (exact) mass is 604 g/mol. The summed E-state index contributed by atoms with van der Waals surface area (Å²) in [7, 11) is 0. The van der Waals surface area contributed by atoms with E-state index >= 15 is 0 Å². The molecule has 238 valence electrons. The van der Waals surface area contributed by atoms with Crippen molar-refractivity contribution in [3.63, 3.8) is 0 Å². The van der Waals surface area contributed by atoms with E-state index in [1.165, 1.54) is 0 Å². The summed E-state index contributed by atoms with van der Waals surface area (Å²) in [5.74, 6) is -4.88. The molecule has 0 aromatic heterocycles. The molecule has 6 amide bonds. The number of carbonyl (C=O) groups is 6. The Morgan fingerprint density at radius 1 is 0.767 bits per heavy atom. The predicted octanol–water partition coefficient (Wildman–Crippen LogP) is -3.20. The third-order valence-electron chi connectivity index (χ3n) is 6.07. The molecule has 0 fully saturated rings. The molecule has 1 rings (SSSR count). The number of guanidine groups is 1. The van der Waals surface area contributed by atoms with E-state index in [1.54, 1.807) is 30.3 Å². The molecule has 0 saturated heterocycles. The number of benzene rings is 1. The molecule has 0 saturated carbocycles. The largest absolute Gasteiger partial charge is 0.370 e. The maximum Gasteiger partial charge on any atom is 0.243 e. The zero-order valence-corrected chi connectivity index (χ0v) is 24.5. The van der Waals surface area contributed by atoms with E-state index < -0.39 is 72.6 Å². The van der Waals surface area contributed by atoms with Gasteiger partial charge in [0.15, 0.2) is 5.96 Å². The van der Waals surface area contributed by atoms with Gasteiger partial charge in [-0.05, 0) is 30.7 Å². The van der Waals surface area contributed by atoms with Gasteiger partial charge in [-0.25, -0.2) is 0 Å². The Labute approximate surface area is 250 Å². The lowest BCUT2D eigenvalue weighted by Gasteiger charge is -2.26. The number of nitrogens with two attached hydrogens (primary N) is 4. The summed E-state index contributed by atoms with van der Waals surface area (Å²) in [5.41, 5.74) is 22.3. The van der Waals surface area contributed by atoms with Crippen LogP contribution in [0.4, 0.5) is 0 Å². The van der Waals surface area contributed by atoms with Crippen LogP contribution in [0.2, 0.25) is 0 Å². The van der Waals surface area contributed by atoms with E-state index in [-0.39, 0.29) is 31.1 Å². The Morgan fingerprint density at radius 2 is 1.35 bits per heavy atom. The van der Waals surface area contributed by atoms with Crippen LogP contribution in [0.3, 0.4) is 0 Å². The van der Waals surface area contributed by atoms with E-state index in [4.69, 9.17) is 28.3 Å². The molecule has 0 radical (unpaired) electrons. The van der Waals surface area contributed by atoms with Gasteiger partial charge in [0, 0.05) is 13.0 Å². The van der Waals surface area contributed by atoms with Crippen molar-refractivity contribution < 1.29 is 28.8 Å². The number of primary amides is 2. The summed E-state index contributed by atoms with van der Waals surface area (Å²) in [6.07, 6.45) is 0.265. The second-order valence-corrected chi connectivity index (χ2v) is 10.4. The van der Waals surface area contributed by atoms with Crippen LogP contribution in [0.25, 0.3) is 0 Å². The van der Waals surface area contributed by atoms with Crippen LogP contribution >= 0.6 is 0 Å². The van der Waals surface area contributed by atoms with Crippen molar-refractivity contribution in [2.75, 3.05) is 13.1 Å². The number of rotatable bonds is 19. The molecule has 0 bridgehead atoms. The van der Waals surface area contributed by atoms with E-state index in [9.17, 15) is 28.8 Å². The maximum absolute atomic E-state index is 13.4. The topological polar surface area (TPSA) is 290 Å². The second-order valence-electron chi connectivity index (χ2n) is 10.4. The first-order valence-corrected chi connectivity index (χ1v) is 13.8. The predicted molar refractivity (Wildman–Crippen MR) is 159 cm³/mol. The zero-order valence-electron chi connectivity index (χ0n) is 24.5. The van der Waals surface area contributed by atoms with Crippen molar-refractivity contribution in [1.82, 2.24) is 26.6 Å². The highest BCUT2D eigenvalue weighted by Crippen LogP contribution is 2.09. The Morgan fingerprint density at radius 3 is 1.91 bits per heavy atom. The minimum absolute atomic E-state index is 0.0830. The van der Waals surface area contributed by atoms with Crippen molar-refractivity contribution in [1.29, 1.82) is 5.41 Å². The van der Waals surface area contributed by atoms with Crippen LogP contribution in [0.5, 0.6) is 0 Å². The Hall–Kier alpha value is -4.73. The molecule has 0 aliphatic heterocycles. The molecule has 0 aliphatic rings. The summed E-state index contributed by atoms with van der Waals surface area (Å²) in [4.78, 5) is 75.0. The number of hydrogen-bond donors (Lipinski definition) is 10. The Bertz CT molecular complexity index is 1130. The van der Waals surface area contributed by atoms with Gasteiger partial charge in [0.25, 0.3) is 0 Å². The number of hydrogen-bond acceptors (Lipinski definition) is 8. The fraction of sp³-hybridized carbons (Fsp3) is 0.519. The molecule has 1 aromatic rings. The van der Waals surface area contributed by atoms with Crippen LogP contribution in [0, 0.1) is 11.3 Å². The zero-order chi connectivity index (χ0) is 32.5. The highest BCUT2D eigenvalue weighted by molar-refractivity contribution is 5.97. The standard InChI is InChI=1S/C27H44N10O6/c1-15(2)11-18(25(42)37-19(24(41)34-14-22(30)39)12-16-7-4-3-5-8-16)36-26(43)20(13-21(29)38)35-23(40)17(28)9-6-10-33-27(31)32/h3-5,7-8,15,17-20H,6,9-14,28H2,1-2H3,(H2,29,38)(H2,30,39)(H,34,41)(H,35,40)(H,36,43)(H,37,42)(H4,31,32,33). The van der Waals surface area contributed by atoms with E-state index in [1.807, 2.05) is 13.8 Å². The quantitative estimate of drug-likeness (QED) is 0.0431. The third kappa shape index (κ3) is 15.2. The van der Waals surface area contributed by atoms with Gasteiger partial charge in [0.2, 0.25) is 35.4 Å². The molecule has 1 aromatic carbocycles. The van der Waals surface area contributed by atoms with Crippen molar-refractivity contribution in [3.05, 3.63) is 35.9 Å². The summed E-state index contributed by atoms with van der Waals surface area (Å²) >= 11 is 0. The van der Waals surface area contributed by atoms with Crippen LogP contribution in [0.1, 0.15) is 45.1 Å². The summed E-state index contributed by atoms with van der Waals surface area (Å²) in [6, 6.07) is 4.10. The lowest BCUT2D eigenvalue weighted by atomic mass is 10.0. The van der Waals surface area contributed by atoms with Gasteiger partial charge in [0.1, 0.15) is 18.1 Å². The van der Waals surface area contributed by atoms with Crippen molar-refractivity contribution in [2.45, 2.75) is 70.1 Å². The van der Waals surface area contributed by atoms with Crippen molar-refractivity contribution in [3.8, 4) is 0 Å². The number of amides is 6. The van der Waals surface area contributed by atoms with Gasteiger partial charge in [-0.3, -0.25) is 34.2 Å². The van der Waals surface area contributed by atoms with Crippen LogP contribution in [-0.4, -0.2) is 78.7 Å². The lowest BCUT2D eigenvalue weighted by Crippen LogP contribution is -2.59. The molecule has 0 spiro atoms. The highest BCUT2D eigenvalue weighted by Gasteiger charge is 2.31. The maximum atomic E-state index is 13.4. The van der Waals surface area contributed by atoms with Gasteiger partial charge in [-0.15, -0.1) is 0 Å². The SMILES string of the molecule is CC(C)CC(NC(=O)C(CC(N)=O)NC(=O)C(N)CCCNC(=N)N)C(=O)NC(Cc1ccccc1)C(=O)NCC(N)=O. The molecule has 4 atom stereocenters. The molecule has 16 nitrogen and oxygen atoms in total. The Kier molecular flexibility index (Phi) is 15.7. The lowest BCUT2D eigenvalue weighted by molar-refractivity contribution is -0.135.